The quantitative estimate of drug-likeness (QED) is 0.537. The number of benzene rings is 2. The van der Waals surface area contributed by atoms with Gasteiger partial charge in [0.1, 0.15) is 40.6 Å². The summed E-state index contributed by atoms with van der Waals surface area (Å²) in [7, 11) is 0. The van der Waals surface area contributed by atoms with Crippen LogP contribution in [-0.4, -0.2) is 27.0 Å². The van der Waals surface area contributed by atoms with E-state index in [1.54, 1.807) is 38.1 Å². The molecule has 31 heavy (non-hydrogen) atoms. The van der Waals surface area contributed by atoms with Gasteiger partial charge in [-0.1, -0.05) is 17.7 Å². The summed E-state index contributed by atoms with van der Waals surface area (Å²) >= 11 is 0. The van der Waals surface area contributed by atoms with Gasteiger partial charge in [0.05, 0.1) is 11.2 Å². The Bertz CT molecular complexity index is 1260. The molecule has 1 aliphatic heterocycles. The molecule has 3 N–H and O–H groups in total. The summed E-state index contributed by atoms with van der Waals surface area (Å²) in [5.41, 5.74) is 1.93. The predicted molar refractivity (Wildman–Crippen MR) is 119 cm³/mol. The van der Waals surface area contributed by atoms with E-state index in [-0.39, 0.29) is 34.3 Å². The van der Waals surface area contributed by atoms with Gasteiger partial charge in [-0.3, -0.25) is 4.79 Å². The van der Waals surface area contributed by atoms with Crippen LogP contribution in [0.5, 0.6) is 17.2 Å². The number of fused-ring (bicyclic) bond motifs is 2. The third-order valence-corrected chi connectivity index (χ3v) is 5.67. The lowest BCUT2D eigenvalue weighted by Crippen LogP contribution is -2.39. The van der Waals surface area contributed by atoms with Crippen molar-refractivity contribution < 1.29 is 24.5 Å². The fraction of sp³-hybridized carbons (Fsp3) is 0.320. The Balaban J connectivity index is 1.83. The van der Waals surface area contributed by atoms with Crippen LogP contribution in [0.4, 0.5) is 0 Å². The van der Waals surface area contributed by atoms with Crippen molar-refractivity contribution >= 4 is 11.0 Å². The van der Waals surface area contributed by atoms with E-state index in [4.69, 9.17) is 9.15 Å². The second-order valence-corrected chi connectivity index (χ2v) is 8.85. The Hall–Kier alpha value is -3.25. The lowest BCUT2D eigenvalue weighted by molar-refractivity contribution is -0.0229. The van der Waals surface area contributed by atoms with E-state index in [9.17, 15) is 20.1 Å². The maximum absolute atomic E-state index is 13.3. The largest absolute Gasteiger partial charge is 0.508 e. The molecule has 0 bridgehead atoms. The van der Waals surface area contributed by atoms with Crippen molar-refractivity contribution in [3.05, 3.63) is 63.5 Å². The molecule has 0 unspecified atom stereocenters. The van der Waals surface area contributed by atoms with Crippen LogP contribution in [0, 0.1) is 0 Å². The highest BCUT2D eigenvalue weighted by atomic mass is 16.5. The molecule has 0 radical (unpaired) electrons. The van der Waals surface area contributed by atoms with Crippen molar-refractivity contribution in [3.63, 3.8) is 0 Å². The van der Waals surface area contributed by atoms with Crippen LogP contribution in [0.2, 0.25) is 0 Å². The highest BCUT2D eigenvalue weighted by Crippen LogP contribution is 2.42. The molecule has 0 spiro atoms. The van der Waals surface area contributed by atoms with E-state index in [1.165, 1.54) is 6.26 Å². The van der Waals surface area contributed by atoms with Crippen LogP contribution < -0.4 is 10.2 Å². The first kappa shape index (κ1) is 21.0. The van der Waals surface area contributed by atoms with E-state index < -0.39 is 11.7 Å². The topological polar surface area (TPSA) is 100 Å². The fourth-order valence-corrected chi connectivity index (χ4v) is 3.79. The maximum Gasteiger partial charge on any atom is 0.204 e. The van der Waals surface area contributed by atoms with E-state index in [2.05, 4.69) is 0 Å². The summed E-state index contributed by atoms with van der Waals surface area (Å²) in [5, 5.41) is 31.4. The zero-order chi connectivity index (χ0) is 22.5. The predicted octanol–water partition coefficient (Wildman–Crippen LogP) is 4.45. The molecule has 0 amide bonds. The molecule has 1 aromatic heterocycles. The first-order valence-electron chi connectivity index (χ1n) is 10.2. The number of aromatic hydroxyl groups is 2. The minimum atomic E-state index is -1.10. The van der Waals surface area contributed by atoms with Crippen molar-refractivity contribution in [3.8, 4) is 28.4 Å². The molecule has 0 saturated heterocycles. The van der Waals surface area contributed by atoms with Gasteiger partial charge in [0, 0.05) is 18.1 Å². The molecular weight excluding hydrogens is 396 g/mol. The number of phenols is 2. The molecule has 2 aromatic carbocycles. The van der Waals surface area contributed by atoms with Gasteiger partial charge in [-0.25, -0.2) is 0 Å². The average molecular weight is 422 g/mol. The van der Waals surface area contributed by atoms with Crippen molar-refractivity contribution in [2.24, 2.45) is 0 Å². The summed E-state index contributed by atoms with van der Waals surface area (Å²) in [4.78, 5) is 13.3. The van der Waals surface area contributed by atoms with Crippen LogP contribution >= 0.6 is 0 Å². The highest BCUT2D eigenvalue weighted by Gasteiger charge is 2.37. The zero-order valence-corrected chi connectivity index (χ0v) is 18.0. The van der Waals surface area contributed by atoms with Crippen LogP contribution in [0.1, 0.15) is 38.8 Å². The summed E-state index contributed by atoms with van der Waals surface area (Å²) in [5.74, 6) is 0.377. The first-order valence-corrected chi connectivity index (χ1v) is 10.2. The molecule has 0 saturated carbocycles. The van der Waals surface area contributed by atoms with E-state index in [0.29, 0.717) is 34.4 Å². The molecule has 1 aliphatic rings. The van der Waals surface area contributed by atoms with Crippen LogP contribution in [0.3, 0.4) is 0 Å². The summed E-state index contributed by atoms with van der Waals surface area (Å²) in [6, 6.07) is 6.54. The second kappa shape index (κ2) is 7.46. The van der Waals surface area contributed by atoms with Crippen molar-refractivity contribution in [2.75, 3.05) is 0 Å². The molecule has 162 valence electrons. The highest BCUT2D eigenvalue weighted by molar-refractivity contribution is 5.90. The Kier molecular flexibility index (Phi) is 5.06. The molecule has 0 fully saturated rings. The van der Waals surface area contributed by atoms with Crippen LogP contribution in [0.15, 0.2) is 51.4 Å². The molecule has 4 rings (SSSR count). The number of allylic oxidation sites excluding steroid dienone is 2. The van der Waals surface area contributed by atoms with Gasteiger partial charge in [-0.05, 0) is 57.4 Å². The van der Waals surface area contributed by atoms with E-state index >= 15 is 0 Å². The van der Waals surface area contributed by atoms with E-state index in [0.717, 1.165) is 5.57 Å². The molecule has 0 aliphatic carbocycles. The number of phenolic OH excluding ortho intramolecular Hbond substituents is 2. The third kappa shape index (κ3) is 3.79. The van der Waals surface area contributed by atoms with Crippen molar-refractivity contribution in [1.82, 2.24) is 0 Å². The number of rotatable bonds is 4. The molecular formula is C25H26O6. The zero-order valence-electron chi connectivity index (χ0n) is 18.0. The van der Waals surface area contributed by atoms with Crippen molar-refractivity contribution in [2.45, 2.75) is 52.2 Å². The lowest BCUT2D eigenvalue weighted by Gasteiger charge is -2.24. The van der Waals surface area contributed by atoms with Gasteiger partial charge in [0.2, 0.25) is 5.43 Å². The van der Waals surface area contributed by atoms with Gasteiger partial charge in [-0.2, -0.15) is 0 Å². The number of aliphatic hydroxyl groups is 1. The van der Waals surface area contributed by atoms with Gasteiger partial charge < -0.3 is 24.5 Å². The normalized spacial score (nSPS) is 15.6. The Labute approximate surface area is 180 Å². The number of hydrogen-bond donors (Lipinski definition) is 3. The number of hydrogen-bond acceptors (Lipinski definition) is 6. The van der Waals surface area contributed by atoms with Crippen LogP contribution in [-0.2, 0) is 12.8 Å². The SMILES string of the molecule is CC(C)=CCc1cc(-c2coc3cc4c(c(O)c3c2=O)C[C@@H](C(C)(C)O)O4)ccc1O. The minimum Gasteiger partial charge on any atom is -0.508 e. The number of ether oxygens (including phenoxy) is 1. The third-order valence-electron chi connectivity index (χ3n) is 5.67. The Morgan fingerprint density at radius 3 is 2.65 bits per heavy atom. The maximum atomic E-state index is 13.3. The van der Waals surface area contributed by atoms with Gasteiger partial charge in [0.25, 0.3) is 0 Å². The lowest BCUT2D eigenvalue weighted by atomic mass is 9.95. The second-order valence-electron chi connectivity index (χ2n) is 8.85. The minimum absolute atomic E-state index is 0.0789. The standard InChI is InChI=1S/C25H26O6/c1-13(2)5-6-15-9-14(7-8-18(15)26)17-12-30-20-11-19-16(23(27)22(20)24(17)28)10-21(31-19)25(3,4)29/h5,7-9,11-12,21,26-27,29H,6,10H2,1-4H3/t21-/m0/s1. The summed E-state index contributed by atoms with van der Waals surface area (Å²) in [6.07, 6.45) is 3.65. The molecule has 6 heteroatoms. The smallest absolute Gasteiger partial charge is 0.204 e. The Morgan fingerprint density at radius 1 is 1.23 bits per heavy atom. The monoisotopic (exact) mass is 422 g/mol. The molecule has 3 aromatic rings. The van der Waals surface area contributed by atoms with Gasteiger partial charge in [0.15, 0.2) is 0 Å². The molecule has 6 nitrogen and oxygen atoms in total. The fourth-order valence-electron chi connectivity index (χ4n) is 3.79. The summed E-state index contributed by atoms with van der Waals surface area (Å²) in [6.45, 7) is 7.23. The Morgan fingerprint density at radius 2 is 1.97 bits per heavy atom. The van der Waals surface area contributed by atoms with Gasteiger partial charge in [-0.15, -0.1) is 0 Å². The average Bonchev–Trinajstić information content (AvgIpc) is 3.13. The van der Waals surface area contributed by atoms with Gasteiger partial charge >= 0.3 is 0 Å². The summed E-state index contributed by atoms with van der Waals surface area (Å²) < 4.78 is 11.5. The first-order chi connectivity index (χ1) is 14.6. The van der Waals surface area contributed by atoms with E-state index in [1.807, 2.05) is 19.9 Å². The van der Waals surface area contributed by atoms with Crippen molar-refractivity contribution in [1.29, 1.82) is 0 Å². The molecule has 1 atom stereocenters. The van der Waals surface area contributed by atoms with Crippen LogP contribution in [0.25, 0.3) is 22.1 Å². The molecule has 2 heterocycles.